The summed E-state index contributed by atoms with van der Waals surface area (Å²) in [4.78, 5) is 38.5. The maximum atomic E-state index is 12.8. The number of amides is 1. The minimum Gasteiger partial charge on any atom is -0.335 e. The number of hydrogen-bond donors (Lipinski definition) is 3. The molecule has 0 spiro atoms. The van der Waals surface area contributed by atoms with Crippen molar-refractivity contribution in [2.45, 2.75) is 32.1 Å². The summed E-state index contributed by atoms with van der Waals surface area (Å²) in [6.07, 6.45) is 15.8. The van der Waals surface area contributed by atoms with Gasteiger partial charge in [-0.25, -0.2) is 9.97 Å². The van der Waals surface area contributed by atoms with E-state index in [-0.39, 0.29) is 11.8 Å². The van der Waals surface area contributed by atoms with E-state index in [4.69, 9.17) is 4.98 Å². The average Bonchev–Trinajstić information content (AvgIpc) is 3.62. The van der Waals surface area contributed by atoms with Crippen molar-refractivity contribution in [2.75, 3.05) is 5.32 Å². The minimum absolute atomic E-state index is 0.0683. The first-order chi connectivity index (χ1) is 19.2. The van der Waals surface area contributed by atoms with Gasteiger partial charge >= 0.3 is 0 Å². The van der Waals surface area contributed by atoms with Gasteiger partial charge in [0.25, 0.3) is 0 Å². The van der Waals surface area contributed by atoms with E-state index in [1.165, 1.54) is 6.42 Å². The number of aromatic amines is 2. The molecule has 0 aromatic carbocycles. The molecule has 192 valence electrons. The van der Waals surface area contributed by atoms with Crippen LogP contribution in [0.3, 0.4) is 0 Å². The first-order valence-electron chi connectivity index (χ1n) is 13.1. The number of carbonyl (C=O) groups excluding carboxylic acids is 1. The van der Waals surface area contributed by atoms with E-state index in [0.29, 0.717) is 22.9 Å². The van der Waals surface area contributed by atoms with Gasteiger partial charge < -0.3 is 10.3 Å². The van der Waals surface area contributed by atoms with Crippen LogP contribution in [0.25, 0.3) is 56.0 Å². The van der Waals surface area contributed by atoms with Gasteiger partial charge in [0.2, 0.25) is 5.91 Å². The Morgan fingerprint density at radius 1 is 0.897 bits per heavy atom. The molecule has 10 nitrogen and oxygen atoms in total. The number of nitrogens with one attached hydrogen (secondary N) is 3. The van der Waals surface area contributed by atoms with Crippen molar-refractivity contribution in [3.63, 3.8) is 0 Å². The zero-order valence-corrected chi connectivity index (χ0v) is 21.1. The fraction of sp³-hybridized carbons (Fsp3) is 0.207. The molecule has 1 aliphatic rings. The third kappa shape index (κ3) is 4.39. The van der Waals surface area contributed by atoms with Crippen LogP contribution in [0.5, 0.6) is 0 Å². The summed E-state index contributed by atoms with van der Waals surface area (Å²) < 4.78 is 0. The summed E-state index contributed by atoms with van der Waals surface area (Å²) in [5, 5.41) is 11.5. The zero-order chi connectivity index (χ0) is 26.2. The largest absolute Gasteiger partial charge is 0.335 e. The van der Waals surface area contributed by atoms with Crippen LogP contribution in [0.1, 0.15) is 32.1 Å². The van der Waals surface area contributed by atoms with Crippen LogP contribution in [-0.2, 0) is 4.79 Å². The lowest BCUT2D eigenvalue weighted by Crippen LogP contribution is -2.24. The third-order valence-electron chi connectivity index (χ3n) is 7.33. The Morgan fingerprint density at radius 2 is 1.77 bits per heavy atom. The molecule has 0 aliphatic heterocycles. The molecular weight excluding hydrogens is 490 g/mol. The molecule has 1 fully saturated rings. The predicted octanol–water partition coefficient (Wildman–Crippen LogP) is 5.54. The van der Waals surface area contributed by atoms with Crippen LogP contribution in [0.2, 0.25) is 0 Å². The highest BCUT2D eigenvalue weighted by Crippen LogP contribution is 2.32. The Hall–Kier alpha value is -4.99. The number of H-pyrrole nitrogens is 2. The molecule has 1 saturated carbocycles. The highest BCUT2D eigenvalue weighted by atomic mass is 16.1. The van der Waals surface area contributed by atoms with Gasteiger partial charge in [-0.05, 0) is 48.7 Å². The monoisotopic (exact) mass is 515 g/mol. The van der Waals surface area contributed by atoms with Crippen LogP contribution in [0, 0.1) is 5.92 Å². The maximum Gasteiger partial charge on any atom is 0.227 e. The molecule has 3 N–H and O–H groups in total. The number of fused-ring (bicyclic) bond motifs is 2. The molecule has 0 atom stereocenters. The molecule has 1 aliphatic carbocycles. The smallest absolute Gasteiger partial charge is 0.227 e. The number of aromatic nitrogens is 8. The van der Waals surface area contributed by atoms with Crippen LogP contribution >= 0.6 is 0 Å². The van der Waals surface area contributed by atoms with E-state index in [0.717, 1.165) is 64.5 Å². The lowest BCUT2D eigenvalue weighted by atomic mass is 9.88. The SMILES string of the molecule is O=C(Nc1cncc(-c2cc3c(-c4nc5nccc(-c6ccncc6)c5[nH]4)n[nH]c3cn2)c1)C1CCCCC1. The van der Waals surface area contributed by atoms with E-state index >= 15 is 0 Å². The summed E-state index contributed by atoms with van der Waals surface area (Å²) in [5.74, 6) is 0.746. The van der Waals surface area contributed by atoms with Crippen molar-refractivity contribution in [3.8, 4) is 33.9 Å². The number of nitrogens with zero attached hydrogens (tertiary/aromatic N) is 6. The van der Waals surface area contributed by atoms with Crippen LogP contribution < -0.4 is 5.32 Å². The van der Waals surface area contributed by atoms with Gasteiger partial charge in [-0.2, -0.15) is 5.10 Å². The second-order valence-electron chi connectivity index (χ2n) is 9.85. The van der Waals surface area contributed by atoms with Crippen molar-refractivity contribution < 1.29 is 4.79 Å². The second kappa shape index (κ2) is 9.71. The van der Waals surface area contributed by atoms with Gasteiger partial charge in [0.05, 0.1) is 34.8 Å². The lowest BCUT2D eigenvalue weighted by molar-refractivity contribution is -0.120. The molecule has 0 unspecified atom stereocenters. The van der Waals surface area contributed by atoms with Gasteiger partial charge in [-0.3, -0.25) is 24.8 Å². The highest BCUT2D eigenvalue weighted by molar-refractivity contribution is 5.97. The topological polar surface area (TPSA) is 138 Å². The Labute approximate surface area is 223 Å². The standard InChI is InChI=1S/C29H25N9O/c39-29(18-4-2-1-3-5-18)34-20-12-19(14-31-15-20)23-13-22-24(16-33-23)37-38-26(22)28-35-25-21(8-11-32-27(25)36-28)17-6-9-30-10-7-17/h6-16,18H,1-5H2,(H,34,39)(H,37,38)(H,32,35,36). The normalized spacial score (nSPS) is 14.2. The van der Waals surface area contributed by atoms with Gasteiger partial charge in [0, 0.05) is 47.2 Å². The van der Waals surface area contributed by atoms with Gasteiger partial charge in [0.15, 0.2) is 11.5 Å². The predicted molar refractivity (Wildman–Crippen MR) is 148 cm³/mol. The number of imidazole rings is 1. The number of rotatable bonds is 5. The van der Waals surface area contributed by atoms with E-state index in [1.54, 1.807) is 37.2 Å². The molecule has 6 aromatic rings. The fourth-order valence-electron chi connectivity index (χ4n) is 5.31. The maximum absolute atomic E-state index is 12.8. The van der Waals surface area contributed by atoms with Crippen molar-refractivity contribution in [3.05, 3.63) is 67.5 Å². The lowest BCUT2D eigenvalue weighted by Gasteiger charge is -2.20. The summed E-state index contributed by atoms with van der Waals surface area (Å²) in [7, 11) is 0. The van der Waals surface area contributed by atoms with Crippen molar-refractivity contribution >= 4 is 33.7 Å². The van der Waals surface area contributed by atoms with E-state index in [2.05, 4.69) is 40.4 Å². The zero-order valence-electron chi connectivity index (χ0n) is 21.1. The summed E-state index contributed by atoms with van der Waals surface area (Å²) in [5.41, 5.74) is 7.09. The molecule has 0 bridgehead atoms. The molecule has 0 saturated heterocycles. The minimum atomic E-state index is 0.0683. The van der Waals surface area contributed by atoms with Crippen LogP contribution in [0.15, 0.2) is 67.5 Å². The molecule has 10 heteroatoms. The second-order valence-corrected chi connectivity index (χ2v) is 9.85. The van der Waals surface area contributed by atoms with Gasteiger partial charge in [0.1, 0.15) is 5.69 Å². The number of carbonyl (C=O) groups is 1. The quantitative estimate of drug-likeness (QED) is 0.274. The Morgan fingerprint density at radius 3 is 2.64 bits per heavy atom. The molecule has 0 radical (unpaired) electrons. The summed E-state index contributed by atoms with van der Waals surface area (Å²) >= 11 is 0. The molecule has 39 heavy (non-hydrogen) atoms. The van der Waals surface area contributed by atoms with Gasteiger partial charge in [-0.15, -0.1) is 0 Å². The third-order valence-corrected chi connectivity index (χ3v) is 7.33. The van der Waals surface area contributed by atoms with Crippen LogP contribution in [-0.4, -0.2) is 46.0 Å². The van der Waals surface area contributed by atoms with Crippen LogP contribution in [0.4, 0.5) is 5.69 Å². The van der Waals surface area contributed by atoms with E-state index in [1.807, 2.05) is 30.3 Å². The Bertz CT molecular complexity index is 1800. The molecular formula is C29H25N9O. The van der Waals surface area contributed by atoms with E-state index < -0.39 is 0 Å². The molecule has 1 amide bonds. The van der Waals surface area contributed by atoms with Crippen molar-refractivity contribution in [1.29, 1.82) is 0 Å². The number of hydrogen-bond acceptors (Lipinski definition) is 7. The van der Waals surface area contributed by atoms with E-state index in [9.17, 15) is 4.79 Å². The first kappa shape index (κ1) is 23.2. The van der Waals surface area contributed by atoms with Gasteiger partial charge in [-0.1, -0.05) is 19.3 Å². The highest BCUT2D eigenvalue weighted by Gasteiger charge is 2.21. The summed E-state index contributed by atoms with van der Waals surface area (Å²) in [6, 6.07) is 9.74. The first-order valence-corrected chi connectivity index (χ1v) is 13.1. The van der Waals surface area contributed by atoms with Crippen molar-refractivity contribution in [2.24, 2.45) is 5.92 Å². The van der Waals surface area contributed by atoms with Crippen molar-refractivity contribution in [1.82, 2.24) is 40.1 Å². The number of anilines is 1. The average molecular weight is 516 g/mol. The number of pyridine rings is 4. The Balaban J connectivity index is 1.23. The molecule has 7 rings (SSSR count). The summed E-state index contributed by atoms with van der Waals surface area (Å²) in [6.45, 7) is 0. The Kier molecular flexibility index (Phi) is 5.77. The molecule has 6 aromatic heterocycles. The molecule has 6 heterocycles. The fourth-order valence-corrected chi connectivity index (χ4v) is 5.31.